The zero-order valence-corrected chi connectivity index (χ0v) is 17.4. The quantitative estimate of drug-likeness (QED) is 0.603. The molecule has 1 aliphatic carbocycles. The van der Waals surface area contributed by atoms with Crippen molar-refractivity contribution in [1.29, 1.82) is 0 Å². The molecule has 31 heavy (non-hydrogen) atoms. The van der Waals surface area contributed by atoms with Gasteiger partial charge in [-0.25, -0.2) is 19.3 Å². The van der Waals surface area contributed by atoms with Crippen molar-refractivity contribution >= 4 is 17.5 Å². The summed E-state index contributed by atoms with van der Waals surface area (Å²) in [5.41, 5.74) is 0.785. The number of halogens is 2. The van der Waals surface area contributed by atoms with Crippen molar-refractivity contribution in [3.05, 3.63) is 71.4 Å². The van der Waals surface area contributed by atoms with Crippen LogP contribution in [0.15, 0.2) is 55.0 Å². The van der Waals surface area contributed by atoms with Gasteiger partial charge in [-0.15, -0.1) is 0 Å². The molecule has 0 spiro atoms. The molecule has 4 heterocycles. The number of fused-ring (bicyclic) bond motifs is 3. The van der Waals surface area contributed by atoms with E-state index in [0.29, 0.717) is 34.8 Å². The van der Waals surface area contributed by atoms with Crippen LogP contribution in [0.2, 0.25) is 5.02 Å². The average Bonchev–Trinajstić information content (AvgIpc) is 2.81. The van der Waals surface area contributed by atoms with Gasteiger partial charge in [0.1, 0.15) is 11.9 Å². The summed E-state index contributed by atoms with van der Waals surface area (Å²) in [7, 11) is 0. The maximum absolute atomic E-state index is 14.1. The maximum atomic E-state index is 14.1. The highest BCUT2D eigenvalue weighted by Crippen LogP contribution is 2.38. The number of hydrogen-bond donors (Lipinski definition) is 0. The van der Waals surface area contributed by atoms with Gasteiger partial charge < -0.3 is 9.64 Å². The van der Waals surface area contributed by atoms with Gasteiger partial charge in [-0.05, 0) is 55.5 Å². The monoisotopic (exact) mass is 438 g/mol. The van der Waals surface area contributed by atoms with Crippen molar-refractivity contribution < 1.29 is 13.9 Å². The zero-order chi connectivity index (χ0) is 21.4. The van der Waals surface area contributed by atoms with Crippen LogP contribution >= 0.6 is 11.6 Å². The summed E-state index contributed by atoms with van der Waals surface area (Å²) >= 11 is 5.92. The lowest BCUT2D eigenvalue weighted by Crippen LogP contribution is -2.59. The van der Waals surface area contributed by atoms with E-state index in [1.165, 1.54) is 12.1 Å². The summed E-state index contributed by atoms with van der Waals surface area (Å²) in [5, 5.41) is 0.538. The molecule has 3 fully saturated rings. The Labute approximate surface area is 184 Å². The fourth-order valence-electron chi connectivity index (χ4n) is 4.56. The molecule has 2 saturated heterocycles. The smallest absolute Gasteiger partial charge is 0.255 e. The van der Waals surface area contributed by atoms with Crippen LogP contribution in [0.3, 0.4) is 0 Å². The van der Waals surface area contributed by atoms with Crippen molar-refractivity contribution in [2.45, 2.75) is 31.4 Å². The minimum absolute atomic E-state index is 0.109. The molecule has 6 nitrogen and oxygen atoms in total. The van der Waals surface area contributed by atoms with Crippen LogP contribution in [-0.4, -0.2) is 44.4 Å². The number of hydrogen-bond acceptors (Lipinski definition) is 5. The number of piperidine rings is 2. The maximum Gasteiger partial charge on any atom is 0.255 e. The second-order valence-corrected chi connectivity index (χ2v) is 8.37. The molecule has 3 aliphatic rings. The summed E-state index contributed by atoms with van der Waals surface area (Å²) in [5.74, 6) is 0.512. The Kier molecular flexibility index (Phi) is 5.28. The fourth-order valence-corrected chi connectivity index (χ4v) is 4.67. The number of aromatic nitrogens is 3. The second-order valence-electron chi connectivity index (χ2n) is 7.94. The lowest BCUT2D eigenvalue weighted by atomic mass is 9.77. The highest BCUT2D eigenvalue weighted by Gasteiger charge is 2.45. The molecule has 0 N–H and O–H groups in total. The Bertz CT molecular complexity index is 1100. The molecule has 158 valence electrons. The van der Waals surface area contributed by atoms with Crippen LogP contribution in [0.5, 0.6) is 5.88 Å². The largest absolute Gasteiger partial charge is 0.472 e. The van der Waals surface area contributed by atoms with Gasteiger partial charge in [-0.2, -0.15) is 0 Å². The summed E-state index contributed by atoms with van der Waals surface area (Å²) in [6.45, 7) is 0.628. The van der Waals surface area contributed by atoms with Crippen LogP contribution < -0.4 is 4.74 Å². The predicted octanol–water partition coefficient (Wildman–Crippen LogP) is 4.40. The number of benzene rings is 1. The number of nitrogens with zero attached hydrogens (tertiary/aromatic N) is 4. The van der Waals surface area contributed by atoms with Crippen molar-refractivity contribution in [1.82, 2.24) is 19.9 Å². The first-order valence-electron chi connectivity index (χ1n) is 10.2. The van der Waals surface area contributed by atoms with E-state index in [4.69, 9.17) is 16.3 Å². The zero-order valence-electron chi connectivity index (χ0n) is 16.6. The molecular weight excluding hydrogens is 419 g/mol. The SMILES string of the molecule is O=C(c1cc(F)ccc1-c1ncccn1)N1C[C@@H]2CC[C@H]1[C@H](Oc1ccc(Cl)cn1)C2. The summed E-state index contributed by atoms with van der Waals surface area (Å²) in [6.07, 6.45) is 7.31. The number of amides is 1. The van der Waals surface area contributed by atoms with E-state index >= 15 is 0 Å². The first-order valence-corrected chi connectivity index (χ1v) is 10.6. The van der Waals surface area contributed by atoms with Crippen LogP contribution in [-0.2, 0) is 0 Å². The third-order valence-corrected chi connectivity index (χ3v) is 6.20. The van der Waals surface area contributed by atoms with Crippen LogP contribution in [0, 0.1) is 11.7 Å². The first-order chi connectivity index (χ1) is 15.1. The highest BCUT2D eigenvalue weighted by molar-refractivity contribution is 6.30. The van der Waals surface area contributed by atoms with E-state index in [1.54, 1.807) is 42.9 Å². The second kappa shape index (κ2) is 8.23. The third kappa shape index (κ3) is 3.97. The molecule has 3 aromatic rings. The minimum Gasteiger partial charge on any atom is -0.472 e. The van der Waals surface area contributed by atoms with Crippen molar-refractivity contribution in [3.63, 3.8) is 0 Å². The molecule has 2 aliphatic heterocycles. The van der Waals surface area contributed by atoms with Gasteiger partial charge >= 0.3 is 0 Å². The highest BCUT2D eigenvalue weighted by atomic mass is 35.5. The molecule has 2 aromatic heterocycles. The van der Waals surface area contributed by atoms with Gasteiger partial charge in [-0.1, -0.05) is 11.6 Å². The number of carbonyl (C=O) groups excluding carboxylic acids is 1. The number of rotatable bonds is 4. The van der Waals surface area contributed by atoms with E-state index in [0.717, 1.165) is 19.3 Å². The summed E-state index contributed by atoms with van der Waals surface area (Å²) in [6, 6.07) is 9.20. The topological polar surface area (TPSA) is 68.2 Å². The fraction of sp³-hybridized carbons (Fsp3) is 0.304. The van der Waals surface area contributed by atoms with Crippen molar-refractivity contribution in [2.24, 2.45) is 5.92 Å². The van der Waals surface area contributed by atoms with Crippen LogP contribution in [0.1, 0.15) is 29.6 Å². The Hall–Kier alpha value is -3.06. The summed E-state index contributed by atoms with van der Waals surface area (Å²) < 4.78 is 20.3. The number of ether oxygens (including phenoxy) is 1. The first kappa shape index (κ1) is 19.9. The van der Waals surface area contributed by atoms with Gasteiger partial charge in [0, 0.05) is 36.8 Å². The molecule has 1 amide bonds. The molecule has 3 atom stereocenters. The molecule has 6 rings (SSSR count). The van der Waals surface area contributed by atoms with Gasteiger partial charge in [0.15, 0.2) is 5.82 Å². The lowest BCUT2D eigenvalue weighted by Gasteiger charge is -2.49. The third-order valence-electron chi connectivity index (χ3n) is 5.97. The Balaban J connectivity index is 1.44. The van der Waals surface area contributed by atoms with E-state index in [2.05, 4.69) is 15.0 Å². The molecule has 1 aromatic carbocycles. The standard InChI is InChI=1S/C23H20ClFN4O2/c24-15-3-7-21(28-12-15)31-20-10-14-2-6-19(20)29(13-14)23(30)18-11-16(25)4-5-17(18)22-26-8-1-9-27-22/h1,3-5,7-9,11-12,14,19-20H,2,6,10,13H2/t14-,19+,20-/m1/s1. The molecule has 0 radical (unpaired) electrons. The van der Waals surface area contributed by atoms with Crippen LogP contribution in [0.4, 0.5) is 4.39 Å². The van der Waals surface area contributed by atoms with Gasteiger partial charge in [-0.3, -0.25) is 4.79 Å². The van der Waals surface area contributed by atoms with E-state index in [-0.39, 0.29) is 23.6 Å². The minimum atomic E-state index is -0.469. The van der Waals surface area contributed by atoms with E-state index in [1.807, 2.05) is 4.90 Å². The van der Waals surface area contributed by atoms with Gasteiger partial charge in [0.25, 0.3) is 5.91 Å². The molecule has 1 saturated carbocycles. The normalized spacial score (nSPS) is 22.4. The lowest BCUT2D eigenvalue weighted by molar-refractivity contribution is -0.0313. The number of pyridine rings is 1. The van der Waals surface area contributed by atoms with E-state index in [9.17, 15) is 9.18 Å². The Morgan fingerprint density at radius 1 is 1.13 bits per heavy atom. The summed E-state index contributed by atoms with van der Waals surface area (Å²) in [4.78, 5) is 28.1. The predicted molar refractivity (Wildman–Crippen MR) is 113 cm³/mol. The Morgan fingerprint density at radius 3 is 2.71 bits per heavy atom. The molecule has 8 heteroatoms. The average molecular weight is 439 g/mol. The van der Waals surface area contributed by atoms with Crippen molar-refractivity contribution in [3.8, 4) is 17.3 Å². The molecule has 0 unspecified atom stereocenters. The Morgan fingerprint density at radius 2 is 1.97 bits per heavy atom. The van der Waals surface area contributed by atoms with Crippen LogP contribution in [0.25, 0.3) is 11.4 Å². The number of carbonyl (C=O) groups is 1. The molecular formula is C23H20ClFN4O2. The van der Waals surface area contributed by atoms with Gasteiger partial charge in [0.05, 0.1) is 16.6 Å². The van der Waals surface area contributed by atoms with E-state index < -0.39 is 5.82 Å². The van der Waals surface area contributed by atoms with Crippen molar-refractivity contribution in [2.75, 3.05) is 6.54 Å². The molecule has 2 bridgehead atoms. The van der Waals surface area contributed by atoms with Gasteiger partial charge in [0.2, 0.25) is 5.88 Å².